The zero-order valence-electron chi connectivity index (χ0n) is 11.1. The smallest absolute Gasteiger partial charge is 0.110 e. The largest absolute Gasteiger partial charge is 0.353 e. The van der Waals surface area contributed by atoms with E-state index >= 15 is 0 Å². The molecule has 2 heterocycles. The van der Waals surface area contributed by atoms with E-state index in [1.807, 2.05) is 13.0 Å². The zero-order valence-corrected chi connectivity index (χ0v) is 11.1. The molecule has 0 bridgehead atoms. The average molecular weight is 252 g/mol. The Morgan fingerprint density at radius 1 is 1.11 bits per heavy atom. The number of aromatic amines is 1. The number of nitrogens with zero attached hydrogens (tertiary/aromatic N) is 2. The molecule has 0 radical (unpaired) electrons. The molecule has 3 rings (SSSR count). The topological polar surface area (TPSA) is 67.6 Å². The van der Waals surface area contributed by atoms with E-state index in [9.17, 15) is 0 Å². The van der Waals surface area contributed by atoms with Gasteiger partial charge in [-0.25, -0.2) is 0 Å². The van der Waals surface area contributed by atoms with Gasteiger partial charge in [0.25, 0.3) is 0 Å². The average Bonchev–Trinajstić information content (AvgIpc) is 2.82. The molecule has 3 aromatic rings. The van der Waals surface area contributed by atoms with Crippen LogP contribution in [0.5, 0.6) is 0 Å². The fraction of sp³-hybridized carbons (Fsp3) is 0.200. The van der Waals surface area contributed by atoms with Crippen molar-refractivity contribution in [3.05, 3.63) is 47.2 Å². The van der Waals surface area contributed by atoms with Crippen LogP contribution in [0.15, 0.2) is 30.3 Å². The molecule has 0 saturated carbocycles. The summed E-state index contributed by atoms with van der Waals surface area (Å²) < 4.78 is 0. The van der Waals surface area contributed by atoms with Crippen LogP contribution in [-0.4, -0.2) is 15.2 Å². The molecule has 0 aliphatic heterocycles. The number of hydrogen-bond acceptors (Lipinski definition) is 3. The minimum Gasteiger partial charge on any atom is -0.353 e. The van der Waals surface area contributed by atoms with E-state index in [0.717, 1.165) is 28.2 Å². The van der Waals surface area contributed by atoms with Gasteiger partial charge in [0.05, 0.1) is 11.4 Å². The van der Waals surface area contributed by atoms with Gasteiger partial charge in [0.1, 0.15) is 5.69 Å². The van der Waals surface area contributed by atoms with Gasteiger partial charge >= 0.3 is 0 Å². The van der Waals surface area contributed by atoms with Crippen LogP contribution < -0.4 is 5.73 Å². The molecule has 96 valence electrons. The number of rotatable bonds is 2. The molecule has 4 heteroatoms. The lowest BCUT2D eigenvalue weighted by Crippen LogP contribution is -2.03. The van der Waals surface area contributed by atoms with E-state index < -0.39 is 0 Å². The van der Waals surface area contributed by atoms with E-state index in [-0.39, 0.29) is 0 Å². The number of fused-ring (bicyclic) bond motifs is 1. The number of H-pyrrole nitrogens is 1. The summed E-state index contributed by atoms with van der Waals surface area (Å²) in [5.41, 5.74) is 11.8. The van der Waals surface area contributed by atoms with Crippen LogP contribution in [0.4, 0.5) is 0 Å². The van der Waals surface area contributed by atoms with E-state index in [2.05, 4.69) is 46.4 Å². The van der Waals surface area contributed by atoms with Gasteiger partial charge < -0.3 is 10.7 Å². The molecule has 1 aromatic carbocycles. The molecule has 2 aromatic heterocycles. The SMILES string of the molecule is Cc1ccc2cc(-c3cc(CN)c(C)nn3)[nH]c2c1. The van der Waals surface area contributed by atoms with Crippen molar-refractivity contribution < 1.29 is 0 Å². The van der Waals surface area contributed by atoms with Gasteiger partial charge in [0.2, 0.25) is 0 Å². The van der Waals surface area contributed by atoms with Crippen LogP contribution in [-0.2, 0) is 6.54 Å². The number of nitrogens with two attached hydrogens (primary N) is 1. The first-order chi connectivity index (χ1) is 9.17. The van der Waals surface area contributed by atoms with Gasteiger partial charge in [-0.3, -0.25) is 0 Å². The predicted octanol–water partition coefficient (Wildman–Crippen LogP) is 2.70. The van der Waals surface area contributed by atoms with Crippen LogP contribution in [0.3, 0.4) is 0 Å². The summed E-state index contributed by atoms with van der Waals surface area (Å²) in [5.74, 6) is 0. The second-order valence-electron chi connectivity index (χ2n) is 4.82. The molecule has 0 unspecified atom stereocenters. The van der Waals surface area contributed by atoms with Crippen molar-refractivity contribution in [3.63, 3.8) is 0 Å². The second kappa shape index (κ2) is 4.48. The minimum atomic E-state index is 0.480. The Bertz CT molecular complexity index is 743. The van der Waals surface area contributed by atoms with Crippen LogP contribution in [0.2, 0.25) is 0 Å². The van der Waals surface area contributed by atoms with Crippen molar-refractivity contribution in [3.8, 4) is 11.4 Å². The van der Waals surface area contributed by atoms with Gasteiger partial charge in [-0.1, -0.05) is 12.1 Å². The standard InChI is InChI=1S/C15H16N4/c1-9-3-4-11-6-14(17-13(11)5-9)15-7-12(8-16)10(2)18-19-15/h3-7,17H,8,16H2,1-2H3. The van der Waals surface area contributed by atoms with Crippen molar-refractivity contribution in [1.82, 2.24) is 15.2 Å². The lowest BCUT2D eigenvalue weighted by Gasteiger charge is -2.03. The Morgan fingerprint density at radius 3 is 2.74 bits per heavy atom. The highest BCUT2D eigenvalue weighted by Crippen LogP contribution is 2.24. The quantitative estimate of drug-likeness (QED) is 0.736. The molecule has 0 aliphatic carbocycles. The highest BCUT2D eigenvalue weighted by Gasteiger charge is 2.08. The summed E-state index contributed by atoms with van der Waals surface area (Å²) in [7, 11) is 0. The molecular formula is C15H16N4. The number of benzene rings is 1. The number of nitrogens with one attached hydrogen (secondary N) is 1. The predicted molar refractivity (Wildman–Crippen MR) is 76.7 cm³/mol. The molecule has 0 spiro atoms. The minimum absolute atomic E-state index is 0.480. The van der Waals surface area contributed by atoms with Crippen LogP contribution in [0, 0.1) is 13.8 Å². The second-order valence-corrected chi connectivity index (χ2v) is 4.82. The highest BCUT2D eigenvalue weighted by molar-refractivity contribution is 5.85. The first-order valence-corrected chi connectivity index (χ1v) is 6.30. The fourth-order valence-corrected chi connectivity index (χ4v) is 2.21. The van der Waals surface area contributed by atoms with Crippen molar-refractivity contribution in [2.24, 2.45) is 5.73 Å². The maximum absolute atomic E-state index is 5.71. The molecule has 0 saturated heterocycles. The van der Waals surface area contributed by atoms with E-state index in [4.69, 9.17) is 5.73 Å². The summed E-state index contributed by atoms with van der Waals surface area (Å²) >= 11 is 0. The third-order valence-electron chi connectivity index (χ3n) is 3.36. The van der Waals surface area contributed by atoms with E-state index in [0.29, 0.717) is 6.54 Å². The molecule has 4 nitrogen and oxygen atoms in total. The molecule has 0 amide bonds. The Morgan fingerprint density at radius 2 is 1.95 bits per heavy atom. The lowest BCUT2D eigenvalue weighted by atomic mass is 10.1. The van der Waals surface area contributed by atoms with E-state index in [1.54, 1.807) is 0 Å². The van der Waals surface area contributed by atoms with Crippen molar-refractivity contribution in [2.75, 3.05) is 0 Å². The van der Waals surface area contributed by atoms with Crippen molar-refractivity contribution in [1.29, 1.82) is 0 Å². The Labute approximate surface area is 111 Å². The summed E-state index contributed by atoms with van der Waals surface area (Å²) in [6.07, 6.45) is 0. The van der Waals surface area contributed by atoms with Crippen molar-refractivity contribution in [2.45, 2.75) is 20.4 Å². The van der Waals surface area contributed by atoms with Gasteiger partial charge in [-0.15, -0.1) is 5.10 Å². The Hall–Kier alpha value is -2.20. The number of aromatic nitrogens is 3. The molecule has 0 fully saturated rings. The summed E-state index contributed by atoms with van der Waals surface area (Å²) in [6, 6.07) is 10.4. The fourth-order valence-electron chi connectivity index (χ4n) is 2.21. The normalized spacial score (nSPS) is 11.1. The van der Waals surface area contributed by atoms with Crippen LogP contribution >= 0.6 is 0 Å². The van der Waals surface area contributed by atoms with Crippen LogP contribution in [0.1, 0.15) is 16.8 Å². The van der Waals surface area contributed by atoms with Gasteiger partial charge in [-0.2, -0.15) is 5.10 Å². The summed E-state index contributed by atoms with van der Waals surface area (Å²) in [4.78, 5) is 3.38. The summed E-state index contributed by atoms with van der Waals surface area (Å²) in [5, 5.41) is 9.58. The molecule has 0 atom stereocenters. The highest BCUT2D eigenvalue weighted by atomic mass is 15.1. The molecule has 3 N–H and O–H groups in total. The van der Waals surface area contributed by atoms with Crippen LogP contribution in [0.25, 0.3) is 22.3 Å². The molecule has 0 aliphatic rings. The zero-order chi connectivity index (χ0) is 13.4. The number of hydrogen-bond donors (Lipinski definition) is 2. The van der Waals surface area contributed by atoms with Gasteiger partial charge in [0.15, 0.2) is 0 Å². The lowest BCUT2D eigenvalue weighted by molar-refractivity contribution is 0.922. The monoisotopic (exact) mass is 252 g/mol. The first-order valence-electron chi connectivity index (χ1n) is 6.30. The Kier molecular flexibility index (Phi) is 2.80. The third kappa shape index (κ3) is 2.11. The van der Waals surface area contributed by atoms with E-state index in [1.165, 1.54) is 10.9 Å². The molecular weight excluding hydrogens is 236 g/mol. The van der Waals surface area contributed by atoms with Gasteiger partial charge in [0, 0.05) is 17.4 Å². The van der Waals surface area contributed by atoms with Crippen molar-refractivity contribution >= 4 is 10.9 Å². The third-order valence-corrected chi connectivity index (χ3v) is 3.36. The summed E-state index contributed by atoms with van der Waals surface area (Å²) in [6.45, 7) is 4.49. The Balaban J connectivity index is 2.13. The first kappa shape index (κ1) is 11.9. The van der Waals surface area contributed by atoms with Gasteiger partial charge in [-0.05, 0) is 43.2 Å². The maximum Gasteiger partial charge on any atom is 0.110 e. The molecule has 19 heavy (non-hydrogen) atoms. The number of aryl methyl sites for hydroxylation is 2. The maximum atomic E-state index is 5.71.